The number of aliphatic hydroxyl groups is 1. The lowest BCUT2D eigenvalue weighted by Crippen LogP contribution is -2.31. The molecule has 0 aliphatic carbocycles. The van der Waals surface area contributed by atoms with Gasteiger partial charge >= 0.3 is 5.97 Å². The van der Waals surface area contributed by atoms with Crippen molar-refractivity contribution in [1.29, 1.82) is 0 Å². The van der Waals surface area contributed by atoms with E-state index in [1.54, 1.807) is 24.3 Å². The first kappa shape index (κ1) is 20.4. The van der Waals surface area contributed by atoms with Crippen LogP contribution < -0.4 is 10.1 Å². The number of anilines is 1. The number of aliphatic hydroxyl groups excluding tert-OH is 1. The van der Waals surface area contributed by atoms with Crippen molar-refractivity contribution in [1.82, 2.24) is 4.90 Å². The van der Waals surface area contributed by atoms with Crippen LogP contribution in [0.25, 0.3) is 10.8 Å². The first-order valence-corrected chi connectivity index (χ1v) is 9.84. The molecule has 1 aliphatic heterocycles. The van der Waals surface area contributed by atoms with Gasteiger partial charge < -0.3 is 24.8 Å². The van der Waals surface area contributed by atoms with Gasteiger partial charge in [-0.3, -0.25) is 4.79 Å². The van der Waals surface area contributed by atoms with E-state index in [1.807, 2.05) is 42.5 Å². The van der Waals surface area contributed by atoms with E-state index in [0.717, 1.165) is 16.5 Å². The minimum atomic E-state index is -0.576. The summed E-state index contributed by atoms with van der Waals surface area (Å²) in [5.74, 6) is 0.432. The molecule has 2 N–H and O–H groups in total. The number of nitrogens with zero attached hydrogens (tertiary/aromatic N) is 1. The normalized spacial score (nSPS) is 13.6. The number of esters is 1. The average molecular weight is 418 g/mol. The number of carbonyl (C=O) groups excluding carboxylic acids is 2. The maximum absolute atomic E-state index is 12.6. The largest absolute Gasteiger partial charge is 0.466 e. The van der Waals surface area contributed by atoms with Crippen molar-refractivity contribution < 1.29 is 24.2 Å². The van der Waals surface area contributed by atoms with Crippen molar-refractivity contribution in [3.05, 3.63) is 78.0 Å². The molecule has 7 heteroatoms. The lowest BCUT2D eigenvalue weighted by Gasteiger charge is -2.15. The van der Waals surface area contributed by atoms with Crippen LogP contribution >= 0.6 is 0 Å². The van der Waals surface area contributed by atoms with Crippen molar-refractivity contribution in [3.8, 4) is 11.5 Å². The van der Waals surface area contributed by atoms with E-state index in [-0.39, 0.29) is 36.9 Å². The molecule has 0 unspecified atom stereocenters. The number of nitrogens with one attached hydrogen (secondary N) is 1. The van der Waals surface area contributed by atoms with Gasteiger partial charge in [-0.05, 0) is 47.2 Å². The fourth-order valence-corrected chi connectivity index (χ4v) is 3.47. The number of hydrogen-bond donors (Lipinski definition) is 2. The summed E-state index contributed by atoms with van der Waals surface area (Å²) in [7, 11) is 1.27. The smallest absolute Gasteiger partial charge is 0.337 e. The van der Waals surface area contributed by atoms with Crippen LogP contribution in [0.3, 0.4) is 0 Å². The standard InChI is InChI=1S/C24H22N2O5/c1-30-24(29)21-15-26(12-13-27)23(28)22(21)25-18-7-10-19(11-8-18)31-20-9-6-16-4-2-3-5-17(16)14-20/h2-11,14,25,27H,12-13,15H2,1H3. The molecule has 7 nitrogen and oxygen atoms in total. The number of carbonyl (C=O) groups is 2. The van der Waals surface area contributed by atoms with Gasteiger partial charge in [0.2, 0.25) is 0 Å². The third kappa shape index (κ3) is 4.36. The van der Waals surface area contributed by atoms with Crippen LogP contribution in [0.15, 0.2) is 78.0 Å². The highest BCUT2D eigenvalue weighted by Gasteiger charge is 2.34. The lowest BCUT2D eigenvalue weighted by atomic mass is 10.1. The summed E-state index contributed by atoms with van der Waals surface area (Å²) in [6.45, 7) is 0.0505. The zero-order valence-corrected chi connectivity index (χ0v) is 17.0. The molecule has 0 spiro atoms. The summed E-state index contributed by atoms with van der Waals surface area (Å²) in [6.07, 6.45) is 0. The topological polar surface area (TPSA) is 88.1 Å². The van der Waals surface area contributed by atoms with Crippen LogP contribution in [0.4, 0.5) is 5.69 Å². The zero-order chi connectivity index (χ0) is 21.8. The molecule has 0 fully saturated rings. The average Bonchev–Trinajstić information content (AvgIpc) is 3.10. The van der Waals surface area contributed by atoms with Crippen LogP contribution in [0.2, 0.25) is 0 Å². The predicted molar refractivity (Wildman–Crippen MR) is 117 cm³/mol. The van der Waals surface area contributed by atoms with E-state index in [1.165, 1.54) is 12.0 Å². The second kappa shape index (κ2) is 8.89. The van der Waals surface area contributed by atoms with Crippen LogP contribution in [0.5, 0.6) is 11.5 Å². The fourth-order valence-electron chi connectivity index (χ4n) is 3.47. The quantitative estimate of drug-likeness (QED) is 0.573. The van der Waals surface area contributed by atoms with Crippen LogP contribution in [-0.2, 0) is 14.3 Å². The molecule has 158 valence electrons. The van der Waals surface area contributed by atoms with Gasteiger partial charge in [0, 0.05) is 12.2 Å². The van der Waals surface area contributed by atoms with Gasteiger partial charge in [0.25, 0.3) is 5.91 Å². The third-order valence-electron chi connectivity index (χ3n) is 5.03. The molecule has 4 rings (SSSR count). The van der Waals surface area contributed by atoms with Gasteiger partial charge in [-0.25, -0.2) is 4.79 Å². The summed E-state index contributed by atoms with van der Waals surface area (Å²) in [5.41, 5.74) is 1.02. The zero-order valence-electron chi connectivity index (χ0n) is 17.0. The van der Waals surface area contributed by atoms with E-state index in [9.17, 15) is 9.59 Å². The Morgan fingerprint density at radius 2 is 1.74 bits per heavy atom. The Balaban J connectivity index is 1.50. The highest BCUT2D eigenvalue weighted by atomic mass is 16.5. The second-order valence-electron chi connectivity index (χ2n) is 7.06. The summed E-state index contributed by atoms with van der Waals surface area (Å²) in [6, 6.07) is 21.0. The van der Waals surface area contributed by atoms with E-state index >= 15 is 0 Å². The Hall–Kier alpha value is -3.84. The van der Waals surface area contributed by atoms with Gasteiger partial charge in [-0.2, -0.15) is 0 Å². The van der Waals surface area contributed by atoms with Gasteiger partial charge in [0.05, 0.1) is 25.8 Å². The lowest BCUT2D eigenvalue weighted by molar-refractivity contribution is -0.136. The third-order valence-corrected chi connectivity index (χ3v) is 5.03. The Bertz CT molecular complexity index is 1150. The van der Waals surface area contributed by atoms with Crippen molar-refractivity contribution in [2.75, 3.05) is 32.1 Å². The second-order valence-corrected chi connectivity index (χ2v) is 7.06. The Kier molecular flexibility index (Phi) is 5.86. The first-order chi connectivity index (χ1) is 15.1. The van der Waals surface area contributed by atoms with E-state index in [0.29, 0.717) is 11.4 Å². The molecule has 1 aliphatic rings. The monoisotopic (exact) mass is 418 g/mol. The first-order valence-electron chi connectivity index (χ1n) is 9.84. The van der Waals surface area contributed by atoms with Gasteiger partial charge in [-0.15, -0.1) is 0 Å². The molecule has 3 aromatic rings. The fraction of sp³-hybridized carbons (Fsp3) is 0.167. The molecular weight excluding hydrogens is 396 g/mol. The number of ether oxygens (including phenoxy) is 2. The van der Waals surface area contributed by atoms with Gasteiger partial charge in [0.1, 0.15) is 17.2 Å². The summed E-state index contributed by atoms with van der Waals surface area (Å²) < 4.78 is 10.7. The molecule has 0 saturated heterocycles. The predicted octanol–water partition coefficient (Wildman–Crippen LogP) is 3.31. The molecule has 0 saturated carbocycles. The number of hydrogen-bond acceptors (Lipinski definition) is 6. The van der Waals surface area contributed by atoms with Crippen LogP contribution in [0.1, 0.15) is 0 Å². The number of β-amino-alcohol motifs (C(OH)–C–C–N with tert-alkyl or cyclic N) is 1. The highest BCUT2D eigenvalue weighted by molar-refractivity contribution is 6.08. The highest BCUT2D eigenvalue weighted by Crippen LogP contribution is 2.28. The molecule has 1 heterocycles. The number of fused-ring (bicyclic) bond motifs is 1. The van der Waals surface area contributed by atoms with E-state index in [4.69, 9.17) is 14.6 Å². The molecular formula is C24H22N2O5. The molecule has 0 aromatic heterocycles. The van der Waals surface area contributed by atoms with Crippen LogP contribution in [-0.4, -0.2) is 48.7 Å². The van der Waals surface area contributed by atoms with Gasteiger partial charge in [-0.1, -0.05) is 30.3 Å². The van der Waals surface area contributed by atoms with E-state index in [2.05, 4.69) is 5.32 Å². The number of benzene rings is 3. The molecule has 0 radical (unpaired) electrons. The molecule has 0 atom stereocenters. The minimum Gasteiger partial charge on any atom is -0.466 e. The maximum atomic E-state index is 12.6. The summed E-state index contributed by atoms with van der Waals surface area (Å²) in [5, 5.41) is 14.4. The van der Waals surface area contributed by atoms with Gasteiger partial charge in [0.15, 0.2) is 0 Å². The number of methoxy groups -OCH3 is 1. The van der Waals surface area contributed by atoms with Crippen molar-refractivity contribution in [3.63, 3.8) is 0 Å². The Labute approximate surface area is 179 Å². The SMILES string of the molecule is COC(=O)C1=C(Nc2ccc(Oc3ccc4ccccc4c3)cc2)C(=O)N(CCO)C1. The van der Waals surface area contributed by atoms with Crippen molar-refractivity contribution in [2.45, 2.75) is 0 Å². The minimum absolute atomic E-state index is 0.0948. The summed E-state index contributed by atoms with van der Waals surface area (Å²) >= 11 is 0. The Morgan fingerprint density at radius 3 is 2.45 bits per heavy atom. The molecule has 31 heavy (non-hydrogen) atoms. The molecule has 1 amide bonds. The molecule has 3 aromatic carbocycles. The molecule has 0 bridgehead atoms. The Morgan fingerprint density at radius 1 is 1.03 bits per heavy atom. The van der Waals surface area contributed by atoms with Crippen molar-refractivity contribution >= 4 is 28.3 Å². The number of amides is 1. The number of rotatable bonds is 7. The maximum Gasteiger partial charge on any atom is 0.337 e. The van der Waals surface area contributed by atoms with Crippen LogP contribution in [0, 0.1) is 0 Å². The van der Waals surface area contributed by atoms with E-state index < -0.39 is 5.97 Å². The summed E-state index contributed by atoms with van der Waals surface area (Å²) in [4.78, 5) is 26.1. The van der Waals surface area contributed by atoms with Crippen molar-refractivity contribution in [2.24, 2.45) is 0 Å².